The number of hydrogen-bond donors (Lipinski definition) is 1. The number of carbonyl (C=O) groups is 1. The summed E-state index contributed by atoms with van der Waals surface area (Å²) in [6.07, 6.45) is 6.65. The third kappa shape index (κ3) is 1.94. The Hall–Kier alpha value is -1.39. The van der Waals surface area contributed by atoms with E-state index in [0.29, 0.717) is 6.42 Å². The van der Waals surface area contributed by atoms with Gasteiger partial charge in [0.15, 0.2) is 0 Å². The Labute approximate surface area is 94.5 Å². The Morgan fingerprint density at radius 2 is 2.19 bits per heavy atom. The van der Waals surface area contributed by atoms with Gasteiger partial charge in [-0.05, 0) is 12.8 Å². The summed E-state index contributed by atoms with van der Waals surface area (Å²) in [6, 6.07) is 0. The van der Waals surface area contributed by atoms with Crippen molar-refractivity contribution in [2.75, 3.05) is 0 Å². The molecule has 2 rings (SSSR count). The van der Waals surface area contributed by atoms with E-state index >= 15 is 0 Å². The molecule has 1 aromatic rings. The highest BCUT2D eigenvalue weighted by atomic mass is 16.4. The maximum Gasteiger partial charge on any atom is 0.310 e. The Balaban J connectivity index is 2.20. The fraction of sp³-hybridized carbons (Fsp3) is 0.727. The molecule has 5 nitrogen and oxygen atoms in total. The van der Waals surface area contributed by atoms with Gasteiger partial charge < -0.3 is 5.11 Å². The van der Waals surface area contributed by atoms with Gasteiger partial charge >= 0.3 is 5.97 Å². The van der Waals surface area contributed by atoms with Crippen molar-refractivity contribution in [3.05, 3.63) is 12.2 Å². The van der Waals surface area contributed by atoms with Crippen LogP contribution < -0.4 is 0 Å². The van der Waals surface area contributed by atoms with Crippen LogP contribution in [0.3, 0.4) is 0 Å². The molecule has 1 aliphatic rings. The van der Waals surface area contributed by atoms with E-state index in [1.54, 1.807) is 11.7 Å². The molecule has 0 aromatic carbocycles. The Morgan fingerprint density at radius 3 is 2.69 bits per heavy atom. The maximum absolute atomic E-state index is 11.5. The summed E-state index contributed by atoms with van der Waals surface area (Å²) in [6.45, 7) is 0. The molecule has 0 atom stereocenters. The van der Waals surface area contributed by atoms with E-state index in [-0.39, 0.29) is 0 Å². The molecule has 1 fully saturated rings. The predicted octanol–water partition coefficient (Wildman–Crippen LogP) is 1.39. The molecule has 0 spiro atoms. The molecule has 1 saturated carbocycles. The number of aliphatic carboxylic acids is 1. The summed E-state index contributed by atoms with van der Waals surface area (Å²) >= 11 is 0. The van der Waals surface area contributed by atoms with Gasteiger partial charge in [0.05, 0.1) is 5.41 Å². The first kappa shape index (κ1) is 11.1. The first-order valence-electron chi connectivity index (χ1n) is 5.70. The zero-order valence-electron chi connectivity index (χ0n) is 9.52. The first-order chi connectivity index (χ1) is 7.64. The second kappa shape index (κ2) is 4.23. The summed E-state index contributed by atoms with van der Waals surface area (Å²) in [5.41, 5.74) is -0.612. The Bertz CT molecular complexity index is 380. The third-order valence-electron chi connectivity index (χ3n) is 3.57. The smallest absolute Gasteiger partial charge is 0.310 e. The van der Waals surface area contributed by atoms with Gasteiger partial charge in [-0.15, -0.1) is 0 Å². The van der Waals surface area contributed by atoms with E-state index in [4.69, 9.17) is 0 Å². The molecule has 1 N–H and O–H groups in total. The summed E-state index contributed by atoms with van der Waals surface area (Å²) in [5, 5.41) is 13.4. The van der Waals surface area contributed by atoms with Crippen LogP contribution in [0.5, 0.6) is 0 Å². The third-order valence-corrected chi connectivity index (χ3v) is 3.57. The van der Waals surface area contributed by atoms with Gasteiger partial charge in [0.1, 0.15) is 12.2 Å². The Kier molecular flexibility index (Phi) is 2.94. The van der Waals surface area contributed by atoms with Crippen molar-refractivity contribution in [1.82, 2.24) is 14.8 Å². The van der Waals surface area contributed by atoms with Gasteiger partial charge in [-0.2, -0.15) is 5.10 Å². The van der Waals surface area contributed by atoms with E-state index in [2.05, 4.69) is 10.1 Å². The molecule has 1 aromatic heterocycles. The lowest BCUT2D eigenvalue weighted by Crippen LogP contribution is -2.36. The maximum atomic E-state index is 11.5. The fourth-order valence-corrected chi connectivity index (χ4v) is 2.48. The minimum absolute atomic E-state index is 0.499. The van der Waals surface area contributed by atoms with Crippen molar-refractivity contribution < 1.29 is 9.90 Å². The minimum Gasteiger partial charge on any atom is -0.481 e. The van der Waals surface area contributed by atoms with Crippen molar-refractivity contribution in [3.63, 3.8) is 0 Å². The second-order valence-electron chi connectivity index (χ2n) is 4.62. The zero-order valence-corrected chi connectivity index (χ0v) is 9.52. The molecular weight excluding hydrogens is 206 g/mol. The molecule has 0 aliphatic heterocycles. The lowest BCUT2D eigenvalue weighted by atomic mass is 9.71. The number of carboxylic acid groups (broad SMARTS) is 1. The highest BCUT2D eigenvalue weighted by molar-refractivity contribution is 5.75. The number of aryl methyl sites for hydroxylation is 1. The van der Waals surface area contributed by atoms with Crippen molar-refractivity contribution in [2.24, 2.45) is 12.5 Å². The zero-order chi connectivity index (χ0) is 11.6. The van der Waals surface area contributed by atoms with Crippen LogP contribution in [0.1, 0.15) is 37.9 Å². The van der Waals surface area contributed by atoms with Crippen molar-refractivity contribution >= 4 is 5.97 Å². The molecule has 0 saturated heterocycles. The topological polar surface area (TPSA) is 68.0 Å². The first-order valence-corrected chi connectivity index (χ1v) is 5.70. The van der Waals surface area contributed by atoms with Crippen LogP contribution in [-0.2, 0) is 18.3 Å². The van der Waals surface area contributed by atoms with Crippen LogP contribution >= 0.6 is 0 Å². The highest BCUT2D eigenvalue weighted by Gasteiger charge is 2.40. The lowest BCUT2D eigenvalue weighted by Gasteiger charge is -2.32. The normalized spacial score (nSPS) is 19.6. The van der Waals surface area contributed by atoms with Crippen LogP contribution in [0.25, 0.3) is 0 Å². The fourth-order valence-electron chi connectivity index (χ4n) is 2.48. The SMILES string of the molecule is Cn1ncnc1CC1(C(=O)O)CCCCC1. The molecule has 16 heavy (non-hydrogen) atoms. The molecule has 0 amide bonds. The van der Waals surface area contributed by atoms with Crippen LogP contribution in [0, 0.1) is 5.41 Å². The van der Waals surface area contributed by atoms with Gasteiger partial charge in [-0.25, -0.2) is 4.98 Å². The largest absolute Gasteiger partial charge is 0.481 e. The Morgan fingerprint density at radius 1 is 1.50 bits per heavy atom. The van der Waals surface area contributed by atoms with Gasteiger partial charge in [0.2, 0.25) is 0 Å². The van der Waals surface area contributed by atoms with E-state index in [9.17, 15) is 9.90 Å². The van der Waals surface area contributed by atoms with Crippen LogP contribution in [-0.4, -0.2) is 25.8 Å². The molecular formula is C11H17N3O2. The van der Waals surface area contributed by atoms with Crippen LogP contribution in [0.15, 0.2) is 6.33 Å². The van der Waals surface area contributed by atoms with E-state index < -0.39 is 11.4 Å². The van der Waals surface area contributed by atoms with Gasteiger partial charge in [-0.1, -0.05) is 19.3 Å². The number of rotatable bonds is 3. The number of carboxylic acids is 1. The molecule has 1 aliphatic carbocycles. The average molecular weight is 223 g/mol. The summed E-state index contributed by atoms with van der Waals surface area (Å²) in [7, 11) is 1.81. The minimum atomic E-state index is -0.685. The highest BCUT2D eigenvalue weighted by Crippen LogP contribution is 2.39. The molecule has 88 valence electrons. The van der Waals surface area contributed by atoms with Gasteiger partial charge in [0.25, 0.3) is 0 Å². The second-order valence-corrected chi connectivity index (χ2v) is 4.62. The lowest BCUT2D eigenvalue weighted by molar-refractivity contribution is -0.151. The van der Waals surface area contributed by atoms with Crippen molar-refractivity contribution in [1.29, 1.82) is 0 Å². The molecule has 0 radical (unpaired) electrons. The predicted molar refractivity (Wildman–Crippen MR) is 57.9 cm³/mol. The van der Waals surface area contributed by atoms with Crippen molar-refractivity contribution in [2.45, 2.75) is 38.5 Å². The van der Waals surface area contributed by atoms with Crippen LogP contribution in [0.2, 0.25) is 0 Å². The van der Waals surface area contributed by atoms with E-state index in [0.717, 1.165) is 37.9 Å². The number of nitrogens with zero attached hydrogens (tertiary/aromatic N) is 3. The number of aromatic nitrogens is 3. The molecule has 0 bridgehead atoms. The molecule has 1 heterocycles. The summed E-state index contributed by atoms with van der Waals surface area (Å²) in [5.74, 6) is 0.0829. The van der Waals surface area contributed by atoms with E-state index in [1.807, 2.05) is 0 Å². The van der Waals surface area contributed by atoms with Crippen LogP contribution in [0.4, 0.5) is 0 Å². The van der Waals surface area contributed by atoms with E-state index in [1.165, 1.54) is 6.33 Å². The summed E-state index contributed by atoms with van der Waals surface area (Å²) in [4.78, 5) is 15.6. The molecule has 5 heteroatoms. The standard InChI is InChI=1S/C11H17N3O2/c1-14-9(12-8-13-14)7-11(10(15)16)5-3-2-4-6-11/h8H,2-7H2,1H3,(H,15,16). The molecule has 0 unspecified atom stereocenters. The summed E-state index contributed by atoms with van der Waals surface area (Å²) < 4.78 is 1.67. The van der Waals surface area contributed by atoms with Gasteiger partial charge in [0, 0.05) is 13.5 Å². The average Bonchev–Trinajstić information content (AvgIpc) is 2.65. The number of hydrogen-bond acceptors (Lipinski definition) is 3. The van der Waals surface area contributed by atoms with Gasteiger partial charge in [-0.3, -0.25) is 9.48 Å². The monoisotopic (exact) mass is 223 g/mol. The van der Waals surface area contributed by atoms with Crippen molar-refractivity contribution in [3.8, 4) is 0 Å². The quantitative estimate of drug-likeness (QED) is 0.840.